The van der Waals surface area contributed by atoms with E-state index in [9.17, 15) is 14.2 Å². The molecule has 10 nitrogen and oxygen atoms in total. The van der Waals surface area contributed by atoms with Crippen molar-refractivity contribution in [3.63, 3.8) is 0 Å². The van der Waals surface area contributed by atoms with Crippen LogP contribution in [0.5, 0.6) is 5.75 Å². The standard InChI is InChI=1S/C24H39N4O6P/c1-15(2)32-23(29)17(5)26-35(31,27-18(6)24(30)33-16(3)4)34-21-11-9-10-20-22(21)19(14-25-20)12-13-28(7)8/h9-11,14-18,25H,12-13H2,1-8H3,(H2,26,27,31)/t17-,18+,35?. The lowest BCUT2D eigenvalue weighted by atomic mass is 10.1. The third-order valence-electron chi connectivity index (χ3n) is 4.94. The van der Waals surface area contributed by atoms with E-state index in [4.69, 9.17) is 14.0 Å². The van der Waals surface area contributed by atoms with Gasteiger partial charge in [-0.05, 0) is 79.8 Å². The number of rotatable bonds is 13. The fourth-order valence-corrected chi connectivity index (χ4v) is 5.19. The molecule has 1 aromatic heterocycles. The lowest BCUT2D eigenvalue weighted by Gasteiger charge is -2.27. The summed E-state index contributed by atoms with van der Waals surface area (Å²) in [7, 11) is -0.0326. The SMILES string of the molecule is CC(C)OC(=O)[C@H](C)NP(=O)(N[C@H](C)C(=O)OC(C)C)Oc1cccc2[nH]cc(CCN(C)C)c12. The van der Waals surface area contributed by atoms with Crippen molar-refractivity contribution < 1.29 is 28.2 Å². The molecule has 0 spiro atoms. The number of benzene rings is 1. The molecule has 0 amide bonds. The average Bonchev–Trinajstić information content (AvgIpc) is 3.15. The number of ether oxygens (including phenoxy) is 2. The minimum Gasteiger partial charge on any atom is -0.462 e. The van der Waals surface area contributed by atoms with Crippen LogP contribution in [0.3, 0.4) is 0 Å². The Balaban J connectivity index is 2.40. The molecule has 0 aliphatic heterocycles. The van der Waals surface area contributed by atoms with Crippen LogP contribution in [-0.2, 0) is 30.0 Å². The van der Waals surface area contributed by atoms with Gasteiger partial charge in [-0.25, -0.2) is 14.7 Å². The van der Waals surface area contributed by atoms with Gasteiger partial charge in [-0.3, -0.25) is 9.59 Å². The summed E-state index contributed by atoms with van der Waals surface area (Å²) in [4.78, 5) is 30.2. The number of carbonyl (C=O) groups excluding carboxylic acids is 2. The smallest absolute Gasteiger partial charge is 0.391 e. The zero-order chi connectivity index (χ0) is 26.3. The van der Waals surface area contributed by atoms with Gasteiger partial charge in [0.2, 0.25) is 0 Å². The van der Waals surface area contributed by atoms with Crippen LogP contribution in [0, 0.1) is 0 Å². The maximum absolute atomic E-state index is 14.0. The second-order valence-electron chi connectivity index (χ2n) is 9.36. The minimum absolute atomic E-state index is 0.340. The van der Waals surface area contributed by atoms with Crippen molar-refractivity contribution >= 4 is 30.5 Å². The van der Waals surface area contributed by atoms with Crippen LogP contribution >= 0.6 is 7.67 Å². The Labute approximate surface area is 207 Å². The number of carbonyl (C=O) groups is 2. The molecular weight excluding hydrogens is 471 g/mol. The quantitative estimate of drug-likeness (QED) is 0.274. The molecule has 2 rings (SSSR count). The maximum atomic E-state index is 14.0. The van der Waals surface area contributed by atoms with Crippen molar-refractivity contribution in [2.75, 3.05) is 20.6 Å². The Hall–Kier alpha value is -2.39. The molecule has 0 aliphatic rings. The molecule has 3 N–H and O–H groups in total. The fourth-order valence-electron chi connectivity index (χ4n) is 3.35. The number of aromatic nitrogens is 1. The summed E-state index contributed by atoms with van der Waals surface area (Å²) in [6.07, 6.45) is 1.96. The van der Waals surface area contributed by atoms with Crippen LogP contribution in [-0.4, -0.2) is 66.8 Å². The van der Waals surface area contributed by atoms with E-state index in [0.717, 1.165) is 29.4 Å². The number of aromatic amines is 1. The molecule has 0 radical (unpaired) electrons. The number of fused-ring (bicyclic) bond motifs is 1. The topological polar surface area (TPSA) is 122 Å². The van der Waals surface area contributed by atoms with Crippen LogP contribution in [0.4, 0.5) is 0 Å². The summed E-state index contributed by atoms with van der Waals surface area (Å²) in [5, 5.41) is 6.25. The van der Waals surface area contributed by atoms with Gasteiger partial charge in [0.25, 0.3) is 0 Å². The van der Waals surface area contributed by atoms with Gasteiger partial charge in [-0.2, -0.15) is 0 Å². The molecule has 11 heteroatoms. The third-order valence-corrected chi connectivity index (χ3v) is 6.85. The first-order chi connectivity index (χ1) is 16.3. The van der Waals surface area contributed by atoms with Gasteiger partial charge in [0.05, 0.1) is 12.2 Å². The van der Waals surface area contributed by atoms with E-state index in [1.165, 1.54) is 13.8 Å². The van der Waals surface area contributed by atoms with E-state index < -0.39 is 31.7 Å². The highest BCUT2D eigenvalue weighted by Gasteiger charge is 2.35. The number of likely N-dealkylation sites (N-methyl/N-ethyl adjacent to an activating group) is 1. The molecule has 1 heterocycles. The summed E-state index contributed by atoms with van der Waals surface area (Å²) >= 11 is 0. The normalized spacial score (nSPS) is 15.3. The van der Waals surface area contributed by atoms with E-state index in [2.05, 4.69) is 20.1 Å². The van der Waals surface area contributed by atoms with Crippen LogP contribution in [0.1, 0.15) is 47.1 Å². The van der Waals surface area contributed by atoms with Crippen molar-refractivity contribution in [3.05, 3.63) is 30.0 Å². The zero-order valence-electron chi connectivity index (χ0n) is 21.9. The van der Waals surface area contributed by atoms with Crippen LogP contribution in [0.2, 0.25) is 0 Å². The largest absolute Gasteiger partial charge is 0.462 e. The van der Waals surface area contributed by atoms with E-state index in [-0.39, 0.29) is 12.2 Å². The first-order valence-corrected chi connectivity index (χ1v) is 13.4. The van der Waals surface area contributed by atoms with Gasteiger partial charge in [0.15, 0.2) is 0 Å². The molecule has 1 aromatic carbocycles. The van der Waals surface area contributed by atoms with Crippen molar-refractivity contribution in [2.24, 2.45) is 0 Å². The highest BCUT2D eigenvalue weighted by molar-refractivity contribution is 7.55. The predicted octanol–water partition coefficient (Wildman–Crippen LogP) is 3.62. The van der Waals surface area contributed by atoms with E-state index in [1.54, 1.807) is 39.8 Å². The second-order valence-corrected chi connectivity index (χ2v) is 11.2. The van der Waals surface area contributed by atoms with Gasteiger partial charge >= 0.3 is 19.6 Å². The summed E-state index contributed by atoms with van der Waals surface area (Å²) < 4.78 is 30.6. The van der Waals surface area contributed by atoms with Crippen molar-refractivity contribution in [3.8, 4) is 5.75 Å². The molecule has 0 saturated heterocycles. The summed E-state index contributed by atoms with van der Waals surface area (Å²) in [6.45, 7) is 10.8. The first kappa shape index (κ1) is 28.8. The van der Waals surface area contributed by atoms with Crippen LogP contribution in [0.15, 0.2) is 24.4 Å². The van der Waals surface area contributed by atoms with Gasteiger partial charge in [0, 0.05) is 23.6 Å². The average molecular weight is 511 g/mol. The molecule has 35 heavy (non-hydrogen) atoms. The lowest BCUT2D eigenvalue weighted by molar-refractivity contribution is -0.149. The number of esters is 2. The summed E-state index contributed by atoms with van der Waals surface area (Å²) in [6, 6.07) is 3.45. The second kappa shape index (κ2) is 12.5. The molecule has 196 valence electrons. The molecule has 3 atom stereocenters. The predicted molar refractivity (Wildman–Crippen MR) is 136 cm³/mol. The van der Waals surface area contributed by atoms with E-state index in [0.29, 0.717) is 5.75 Å². The van der Waals surface area contributed by atoms with Crippen molar-refractivity contribution in [1.29, 1.82) is 0 Å². The minimum atomic E-state index is -4.01. The molecule has 0 bridgehead atoms. The fraction of sp³-hybridized carbons (Fsp3) is 0.583. The Morgan fingerprint density at radius 1 is 0.971 bits per heavy atom. The lowest BCUT2D eigenvalue weighted by Crippen LogP contribution is -2.43. The van der Waals surface area contributed by atoms with E-state index >= 15 is 0 Å². The van der Waals surface area contributed by atoms with Crippen molar-refractivity contribution in [1.82, 2.24) is 20.1 Å². The highest BCUT2D eigenvalue weighted by atomic mass is 31.2. The Bertz CT molecular complexity index is 1020. The zero-order valence-corrected chi connectivity index (χ0v) is 22.8. The van der Waals surface area contributed by atoms with Crippen LogP contribution < -0.4 is 14.7 Å². The van der Waals surface area contributed by atoms with Gasteiger partial charge in [-0.1, -0.05) is 6.07 Å². The Kier molecular flexibility index (Phi) is 10.3. The molecule has 0 saturated carbocycles. The van der Waals surface area contributed by atoms with Crippen molar-refractivity contribution in [2.45, 2.75) is 72.3 Å². The maximum Gasteiger partial charge on any atom is 0.391 e. The summed E-state index contributed by atoms with van der Waals surface area (Å²) in [5.41, 5.74) is 1.82. The number of hydrogen-bond acceptors (Lipinski definition) is 7. The van der Waals surface area contributed by atoms with Gasteiger partial charge < -0.3 is 23.9 Å². The summed E-state index contributed by atoms with van der Waals surface area (Å²) in [5.74, 6) is -0.821. The number of nitrogens with one attached hydrogen (secondary N) is 3. The van der Waals surface area contributed by atoms with Crippen LogP contribution in [0.25, 0.3) is 10.9 Å². The molecular formula is C24H39N4O6P. The number of H-pyrrole nitrogens is 1. The van der Waals surface area contributed by atoms with E-state index in [1.807, 2.05) is 26.4 Å². The molecule has 0 fully saturated rings. The van der Waals surface area contributed by atoms with Gasteiger partial charge in [0.1, 0.15) is 17.8 Å². The Morgan fingerprint density at radius 3 is 2.00 bits per heavy atom. The molecule has 2 aromatic rings. The molecule has 1 unspecified atom stereocenters. The monoisotopic (exact) mass is 510 g/mol. The molecule has 0 aliphatic carbocycles. The third kappa shape index (κ3) is 8.65. The highest BCUT2D eigenvalue weighted by Crippen LogP contribution is 2.43. The number of hydrogen-bond donors (Lipinski definition) is 3. The first-order valence-electron chi connectivity index (χ1n) is 11.8. The number of nitrogens with zero attached hydrogens (tertiary/aromatic N) is 1. The van der Waals surface area contributed by atoms with Gasteiger partial charge in [-0.15, -0.1) is 0 Å². The Morgan fingerprint density at radius 2 is 1.51 bits per heavy atom.